The Morgan fingerprint density at radius 2 is 1.74 bits per heavy atom. The van der Waals surface area contributed by atoms with Gasteiger partial charge in [0.25, 0.3) is 11.8 Å². The summed E-state index contributed by atoms with van der Waals surface area (Å²) in [5.41, 5.74) is 1.75. The summed E-state index contributed by atoms with van der Waals surface area (Å²) in [6.45, 7) is 1.52. The van der Waals surface area contributed by atoms with Gasteiger partial charge in [0.05, 0.1) is 11.3 Å². The van der Waals surface area contributed by atoms with Crippen LogP contribution in [0.2, 0.25) is 0 Å². The third kappa shape index (κ3) is 4.79. The number of hydrogen-bond acceptors (Lipinski definition) is 4. The number of aromatic nitrogens is 2. The van der Waals surface area contributed by atoms with Crippen molar-refractivity contribution in [3.8, 4) is 11.3 Å². The molecule has 0 radical (unpaired) electrons. The van der Waals surface area contributed by atoms with E-state index in [-0.39, 0.29) is 11.5 Å². The van der Waals surface area contributed by atoms with Crippen LogP contribution in [0, 0.1) is 0 Å². The lowest BCUT2D eigenvalue weighted by Crippen LogP contribution is -2.36. The molecule has 0 spiro atoms. The number of imidazole rings is 1. The number of anilines is 1. The Labute approximate surface area is 203 Å². The first-order valence-electron chi connectivity index (χ1n) is 11.1. The Morgan fingerprint density at radius 1 is 1.00 bits per heavy atom. The molecule has 1 fully saturated rings. The minimum atomic E-state index is -4.46. The number of piperidine rings is 1. The van der Waals surface area contributed by atoms with Crippen LogP contribution < -0.4 is 5.32 Å². The lowest BCUT2D eigenvalue weighted by atomic mass is 10.1. The number of hydrogen-bond donors (Lipinski definition) is 1. The molecule has 0 atom stereocenters. The van der Waals surface area contributed by atoms with Crippen LogP contribution >= 0.6 is 11.3 Å². The van der Waals surface area contributed by atoms with Crippen molar-refractivity contribution in [2.45, 2.75) is 25.4 Å². The van der Waals surface area contributed by atoms with Crippen LogP contribution in [-0.2, 0) is 6.18 Å². The molecule has 1 aliphatic rings. The average Bonchev–Trinajstić information content (AvgIpc) is 3.45. The van der Waals surface area contributed by atoms with E-state index < -0.39 is 17.6 Å². The Hall–Kier alpha value is -3.66. The van der Waals surface area contributed by atoms with Crippen molar-refractivity contribution in [2.75, 3.05) is 18.4 Å². The summed E-state index contributed by atoms with van der Waals surface area (Å²) in [5, 5.41) is 4.54. The van der Waals surface area contributed by atoms with E-state index in [1.54, 1.807) is 28.8 Å². The SMILES string of the molecule is O=C(Nc1cccc(-c2cn3c(C(=O)N4CCCCC4)csc3n2)c1)c1ccc(C(F)(F)F)cc1. The largest absolute Gasteiger partial charge is 0.416 e. The predicted molar refractivity (Wildman–Crippen MR) is 128 cm³/mol. The van der Waals surface area contributed by atoms with Gasteiger partial charge in [0.15, 0.2) is 4.96 Å². The summed E-state index contributed by atoms with van der Waals surface area (Å²) in [5.74, 6) is -0.520. The maximum absolute atomic E-state index is 13.0. The fraction of sp³-hybridized carbons (Fsp3) is 0.240. The van der Waals surface area contributed by atoms with Gasteiger partial charge in [0, 0.05) is 41.5 Å². The second kappa shape index (κ2) is 9.18. The van der Waals surface area contributed by atoms with Gasteiger partial charge in [-0.2, -0.15) is 13.2 Å². The highest BCUT2D eigenvalue weighted by molar-refractivity contribution is 7.15. The van der Waals surface area contributed by atoms with E-state index in [0.29, 0.717) is 22.0 Å². The van der Waals surface area contributed by atoms with Gasteiger partial charge in [-0.3, -0.25) is 14.0 Å². The molecule has 0 aliphatic carbocycles. The number of halogens is 3. The standard InChI is InChI=1S/C25H21F3N4O2S/c26-25(27,28)18-9-7-16(8-10-18)22(33)29-19-6-4-5-17(13-19)20-14-32-21(15-35-24(32)30-20)23(34)31-11-2-1-3-12-31/h4-10,13-15H,1-3,11-12H2,(H,29,33). The number of fused-ring (bicyclic) bond motifs is 1. The van der Waals surface area contributed by atoms with Crippen molar-refractivity contribution in [3.63, 3.8) is 0 Å². The van der Waals surface area contributed by atoms with Crippen LogP contribution in [0.15, 0.2) is 60.1 Å². The summed E-state index contributed by atoms with van der Waals surface area (Å²) in [6, 6.07) is 11.1. The van der Waals surface area contributed by atoms with Crippen LogP contribution in [0.3, 0.4) is 0 Å². The molecule has 3 heterocycles. The van der Waals surface area contributed by atoms with Crippen LogP contribution in [0.1, 0.15) is 45.7 Å². The minimum absolute atomic E-state index is 0.00236. The van der Waals surface area contributed by atoms with Crippen molar-refractivity contribution in [2.24, 2.45) is 0 Å². The van der Waals surface area contributed by atoms with Crippen LogP contribution in [0.5, 0.6) is 0 Å². The monoisotopic (exact) mass is 498 g/mol. The highest BCUT2D eigenvalue weighted by Gasteiger charge is 2.30. The zero-order valence-corrected chi connectivity index (χ0v) is 19.3. The fourth-order valence-electron chi connectivity index (χ4n) is 4.11. The third-order valence-electron chi connectivity index (χ3n) is 5.96. The summed E-state index contributed by atoms with van der Waals surface area (Å²) < 4.78 is 40.1. The zero-order valence-electron chi connectivity index (χ0n) is 18.5. The average molecular weight is 499 g/mol. The highest BCUT2D eigenvalue weighted by Crippen LogP contribution is 2.30. The maximum atomic E-state index is 13.0. The summed E-state index contributed by atoms with van der Waals surface area (Å²) in [4.78, 5) is 32.7. The molecule has 0 saturated carbocycles. The van der Waals surface area contributed by atoms with E-state index in [4.69, 9.17) is 0 Å². The first-order chi connectivity index (χ1) is 16.8. The van der Waals surface area contributed by atoms with Crippen LogP contribution in [0.25, 0.3) is 16.2 Å². The number of likely N-dealkylation sites (tertiary alicyclic amines) is 1. The van der Waals surface area contributed by atoms with Gasteiger partial charge in [-0.05, 0) is 55.7 Å². The third-order valence-corrected chi connectivity index (χ3v) is 6.80. The molecule has 6 nitrogen and oxygen atoms in total. The summed E-state index contributed by atoms with van der Waals surface area (Å²) in [6.07, 6.45) is 0.516. The number of thiazole rings is 1. The van der Waals surface area contributed by atoms with Crippen molar-refractivity contribution < 1.29 is 22.8 Å². The number of carbonyl (C=O) groups is 2. The topological polar surface area (TPSA) is 66.7 Å². The van der Waals surface area contributed by atoms with E-state index in [1.807, 2.05) is 16.3 Å². The Kier molecular flexibility index (Phi) is 6.06. The van der Waals surface area contributed by atoms with Gasteiger partial charge in [-0.25, -0.2) is 4.98 Å². The summed E-state index contributed by atoms with van der Waals surface area (Å²) >= 11 is 1.39. The number of rotatable bonds is 4. The highest BCUT2D eigenvalue weighted by atomic mass is 32.1. The number of benzene rings is 2. The zero-order chi connectivity index (χ0) is 24.6. The molecule has 5 rings (SSSR count). The molecule has 35 heavy (non-hydrogen) atoms. The lowest BCUT2D eigenvalue weighted by molar-refractivity contribution is -0.137. The van der Waals surface area contributed by atoms with Gasteiger partial charge >= 0.3 is 6.18 Å². The van der Waals surface area contributed by atoms with E-state index in [1.165, 1.54) is 11.3 Å². The Bertz CT molecular complexity index is 1390. The lowest BCUT2D eigenvalue weighted by Gasteiger charge is -2.26. The molecule has 0 bridgehead atoms. The number of alkyl halides is 3. The van der Waals surface area contributed by atoms with E-state index in [0.717, 1.165) is 62.2 Å². The molecule has 2 amide bonds. The second-order valence-corrected chi connectivity index (χ2v) is 9.20. The smallest absolute Gasteiger partial charge is 0.337 e. The molecule has 2 aromatic carbocycles. The molecule has 0 unspecified atom stereocenters. The molecule has 1 N–H and O–H groups in total. The van der Waals surface area contributed by atoms with Crippen molar-refractivity contribution in [1.29, 1.82) is 0 Å². The molecule has 1 saturated heterocycles. The molecule has 180 valence electrons. The first-order valence-corrected chi connectivity index (χ1v) is 12.0. The fourth-order valence-corrected chi connectivity index (χ4v) is 4.95. The molecular formula is C25H21F3N4O2S. The van der Waals surface area contributed by atoms with Crippen molar-refractivity contribution in [3.05, 3.63) is 76.9 Å². The maximum Gasteiger partial charge on any atom is 0.416 e. The number of nitrogens with zero attached hydrogens (tertiary/aromatic N) is 3. The Balaban J connectivity index is 1.35. The number of amides is 2. The van der Waals surface area contributed by atoms with Gasteiger partial charge in [0.2, 0.25) is 0 Å². The number of carbonyl (C=O) groups excluding carboxylic acids is 2. The number of nitrogens with one attached hydrogen (secondary N) is 1. The quantitative estimate of drug-likeness (QED) is 0.378. The van der Waals surface area contributed by atoms with Gasteiger partial charge in [-0.1, -0.05) is 12.1 Å². The molecule has 2 aromatic heterocycles. The molecule has 1 aliphatic heterocycles. The van der Waals surface area contributed by atoms with Crippen LogP contribution in [-0.4, -0.2) is 39.2 Å². The van der Waals surface area contributed by atoms with E-state index in [9.17, 15) is 22.8 Å². The van der Waals surface area contributed by atoms with E-state index >= 15 is 0 Å². The van der Waals surface area contributed by atoms with Crippen molar-refractivity contribution in [1.82, 2.24) is 14.3 Å². The molecule has 10 heteroatoms. The summed E-state index contributed by atoms with van der Waals surface area (Å²) in [7, 11) is 0. The minimum Gasteiger partial charge on any atom is -0.337 e. The first kappa shape index (κ1) is 23.1. The van der Waals surface area contributed by atoms with Gasteiger partial charge < -0.3 is 10.2 Å². The van der Waals surface area contributed by atoms with Crippen molar-refractivity contribution >= 4 is 33.8 Å². The molecule has 4 aromatic rings. The predicted octanol–water partition coefficient (Wildman–Crippen LogP) is 5.96. The normalized spacial score (nSPS) is 14.3. The second-order valence-electron chi connectivity index (χ2n) is 8.36. The van der Waals surface area contributed by atoms with E-state index in [2.05, 4.69) is 10.3 Å². The molecular weight excluding hydrogens is 477 g/mol. The van der Waals surface area contributed by atoms with Gasteiger partial charge in [0.1, 0.15) is 5.69 Å². The van der Waals surface area contributed by atoms with Crippen LogP contribution in [0.4, 0.5) is 18.9 Å². The van der Waals surface area contributed by atoms with Gasteiger partial charge in [-0.15, -0.1) is 11.3 Å². The Morgan fingerprint density at radius 3 is 2.46 bits per heavy atom.